The molecule has 1 unspecified atom stereocenters. The number of nitrogens with two attached hydrogens (primary N) is 1. The lowest BCUT2D eigenvalue weighted by Crippen LogP contribution is -2.44. The van der Waals surface area contributed by atoms with Crippen LogP contribution in [-0.2, 0) is 6.42 Å². The van der Waals surface area contributed by atoms with E-state index in [1.54, 1.807) is 12.1 Å². The minimum atomic E-state index is -0.519. The van der Waals surface area contributed by atoms with Crippen molar-refractivity contribution in [2.75, 3.05) is 11.9 Å². The summed E-state index contributed by atoms with van der Waals surface area (Å²) >= 11 is 6.06. The Morgan fingerprint density at radius 2 is 1.71 bits per heavy atom. The van der Waals surface area contributed by atoms with Crippen molar-refractivity contribution in [1.29, 1.82) is 0 Å². The second-order valence-electron chi connectivity index (χ2n) is 5.32. The van der Waals surface area contributed by atoms with Crippen LogP contribution in [0.2, 0.25) is 5.02 Å². The SMILES string of the molecule is CC(CN)(Cc1ccc(F)cc1)Nc1cc(F)ccc1Cl. The van der Waals surface area contributed by atoms with Crippen molar-refractivity contribution in [3.05, 3.63) is 64.7 Å². The van der Waals surface area contributed by atoms with Crippen molar-refractivity contribution in [1.82, 2.24) is 0 Å². The summed E-state index contributed by atoms with van der Waals surface area (Å²) in [4.78, 5) is 0. The van der Waals surface area contributed by atoms with E-state index in [4.69, 9.17) is 17.3 Å². The van der Waals surface area contributed by atoms with Gasteiger partial charge in [-0.2, -0.15) is 0 Å². The summed E-state index contributed by atoms with van der Waals surface area (Å²) in [6.07, 6.45) is 0.566. The van der Waals surface area contributed by atoms with Crippen LogP contribution in [0, 0.1) is 11.6 Å². The fraction of sp³-hybridized carbons (Fsp3) is 0.250. The number of hydrogen-bond donors (Lipinski definition) is 2. The van der Waals surface area contributed by atoms with Crippen LogP contribution in [0.5, 0.6) is 0 Å². The molecule has 0 bridgehead atoms. The monoisotopic (exact) mass is 310 g/mol. The number of anilines is 1. The zero-order chi connectivity index (χ0) is 15.5. The second kappa shape index (κ2) is 6.41. The highest BCUT2D eigenvalue weighted by Gasteiger charge is 2.24. The van der Waals surface area contributed by atoms with Crippen molar-refractivity contribution in [3.63, 3.8) is 0 Å². The molecule has 3 N–H and O–H groups in total. The number of rotatable bonds is 5. The third-order valence-corrected chi connectivity index (χ3v) is 3.65. The highest BCUT2D eigenvalue weighted by molar-refractivity contribution is 6.33. The highest BCUT2D eigenvalue weighted by Crippen LogP contribution is 2.27. The Labute approximate surface area is 127 Å². The molecule has 0 radical (unpaired) electrons. The van der Waals surface area contributed by atoms with E-state index in [1.807, 2.05) is 6.92 Å². The average Bonchev–Trinajstić information content (AvgIpc) is 2.45. The van der Waals surface area contributed by atoms with Gasteiger partial charge in [-0.25, -0.2) is 8.78 Å². The molecule has 0 aliphatic rings. The summed E-state index contributed by atoms with van der Waals surface area (Å²) < 4.78 is 26.3. The van der Waals surface area contributed by atoms with Gasteiger partial charge < -0.3 is 11.1 Å². The molecule has 2 aromatic rings. The molecule has 0 fully saturated rings. The number of benzene rings is 2. The van der Waals surface area contributed by atoms with E-state index in [-0.39, 0.29) is 11.6 Å². The molecule has 2 nitrogen and oxygen atoms in total. The van der Waals surface area contributed by atoms with Gasteiger partial charge in [0.25, 0.3) is 0 Å². The number of hydrogen-bond acceptors (Lipinski definition) is 2. The third kappa shape index (κ3) is 4.16. The summed E-state index contributed by atoms with van der Waals surface area (Å²) in [5, 5.41) is 3.61. The van der Waals surface area contributed by atoms with Gasteiger partial charge >= 0.3 is 0 Å². The molecule has 112 valence electrons. The first-order chi connectivity index (χ1) is 9.92. The quantitative estimate of drug-likeness (QED) is 0.876. The van der Waals surface area contributed by atoms with Crippen molar-refractivity contribution in [2.24, 2.45) is 5.73 Å². The van der Waals surface area contributed by atoms with Crippen LogP contribution in [0.15, 0.2) is 42.5 Å². The van der Waals surface area contributed by atoms with Crippen LogP contribution in [0.4, 0.5) is 14.5 Å². The van der Waals surface area contributed by atoms with E-state index in [0.717, 1.165) is 5.56 Å². The maximum absolute atomic E-state index is 13.3. The summed E-state index contributed by atoms with van der Waals surface area (Å²) in [6.45, 7) is 2.23. The Balaban J connectivity index is 2.20. The summed E-state index contributed by atoms with van der Waals surface area (Å²) in [5.41, 5.74) is 6.76. The molecule has 0 saturated carbocycles. The predicted octanol–water partition coefficient (Wildman–Crippen LogP) is 3.99. The lowest BCUT2D eigenvalue weighted by Gasteiger charge is -2.31. The lowest BCUT2D eigenvalue weighted by atomic mass is 9.92. The topological polar surface area (TPSA) is 38.0 Å². The van der Waals surface area contributed by atoms with Crippen LogP contribution in [0.25, 0.3) is 0 Å². The van der Waals surface area contributed by atoms with Crippen LogP contribution < -0.4 is 11.1 Å². The summed E-state index contributed by atoms with van der Waals surface area (Å²) in [6, 6.07) is 10.3. The van der Waals surface area contributed by atoms with Gasteiger partial charge in [-0.05, 0) is 49.2 Å². The molecule has 21 heavy (non-hydrogen) atoms. The van der Waals surface area contributed by atoms with Gasteiger partial charge in [0.15, 0.2) is 0 Å². The van der Waals surface area contributed by atoms with E-state index in [0.29, 0.717) is 23.7 Å². The van der Waals surface area contributed by atoms with Crippen molar-refractivity contribution >= 4 is 17.3 Å². The average molecular weight is 311 g/mol. The molecule has 0 aliphatic carbocycles. The van der Waals surface area contributed by atoms with Crippen molar-refractivity contribution < 1.29 is 8.78 Å². The predicted molar refractivity (Wildman–Crippen MR) is 82.6 cm³/mol. The van der Waals surface area contributed by atoms with Gasteiger partial charge in [-0.3, -0.25) is 0 Å². The standard InChI is InChI=1S/C16H17ClF2N2/c1-16(10-20,9-11-2-4-12(18)5-3-11)21-15-8-13(19)6-7-14(15)17/h2-8,21H,9-10,20H2,1H3. The smallest absolute Gasteiger partial charge is 0.125 e. The van der Waals surface area contributed by atoms with Gasteiger partial charge in [0, 0.05) is 6.54 Å². The number of nitrogens with one attached hydrogen (secondary N) is 1. The molecule has 0 aromatic heterocycles. The van der Waals surface area contributed by atoms with Gasteiger partial charge in [-0.15, -0.1) is 0 Å². The largest absolute Gasteiger partial charge is 0.377 e. The molecule has 5 heteroatoms. The third-order valence-electron chi connectivity index (χ3n) is 3.32. The van der Waals surface area contributed by atoms with Gasteiger partial charge in [0.2, 0.25) is 0 Å². The molecule has 0 saturated heterocycles. The Morgan fingerprint density at radius 1 is 1.10 bits per heavy atom. The minimum absolute atomic E-state index is 0.283. The summed E-state index contributed by atoms with van der Waals surface area (Å²) in [7, 11) is 0. The van der Waals surface area contributed by atoms with Crippen LogP contribution in [-0.4, -0.2) is 12.1 Å². The number of halogens is 3. The molecule has 1 atom stereocenters. The Hall–Kier alpha value is -1.65. The van der Waals surface area contributed by atoms with E-state index >= 15 is 0 Å². The summed E-state index contributed by atoms with van der Waals surface area (Å²) in [5.74, 6) is -0.655. The Kier molecular flexibility index (Phi) is 4.80. The minimum Gasteiger partial charge on any atom is -0.377 e. The molecule has 0 amide bonds. The van der Waals surface area contributed by atoms with E-state index in [2.05, 4.69) is 5.32 Å². The molecular formula is C16H17ClF2N2. The van der Waals surface area contributed by atoms with Crippen LogP contribution in [0.1, 0.15) is 12.5 Å². The first-order valence-electron chi connectivity index (χ1n) is 6.60. The zero-order valence-corrected chi connectivity index (χ0v) is 12.4. The van der Waals surface area contributed by atoms with Crippen molar-refractivity contribution in [3.8, 4) is 0 Å². The fourth-order valence-corrected chi connectivity index (χ4v) is 2.30. The van der Waals surface area contributed by atoms with Crippen molar-refractivity contribution in [2.45, 2.75) is 18.9 Å². The molecule has 0 spiro atoms. The highest BCUT2D eigenvalue weighted by atomic mass is 35.5. The molecule has 0 heterocycles. The first kappa shape index (κ1) is 15.7. The van der Waals surface area contributed by atoms with Gasteiger partial charge in [0.05, 0.1) is 16.2 Å². The molecule has 2 rings (SSSR count). The Morgan fingerprint density at radius 3 is 2.33 bits per heavy atom. The second-order valence-corrected chi connectivity index (χ2v) is 5.72. The lowest BCUT2D eigenvalue weighted by molar-refractivity contribution is 0.519. The van der Waals surface area contributed by atoms with E-state index in [1.165, 1.54) is 30.3 Å². The van der Waals surface area contributed by atoms with Crippen LogP contribution >= 0.6 is 11.6 Å². The molecule has 2 aromatic carbocycles. The Bertz CT molecular complexity index is 616. The van der Waals surface area contributed by atoms with E-state index in [9.17, 15) is 8.78 Å². The van der Waals surface area contributed by atoms with E-state index < -0.39 is 5.54 Å². The maximum Gasteiger partial charge on any atom is 0.125 e. The van der Waals surface area contributed by atoms with Gasteiger partial charge in [-0.1, -0.05) is 23.7 Å². The normalized spacial score (nSPS) is 13.8. The maximum atomic E-state index is 13.3. The molecule has 0 aliphatic heterocycles. The first-order valence-corrected chi connectivity index (χ1v) is 6.97. The zero-order valence-electron chi connectivity index (χ0n) is 11.7. The fourth-order valence-electron chi connectivity index (χ4n) is 2.14. The van der Waals surface area contributed by atoms with Gasteiger partial charge in [0.1, 0.15) is 11.6 Å². The van der Waals surface area contributed by atoms with Crippen LogP contribution in [0.3, 0.4) is 0 Å². The molecular weight excluding hydrogens is 294 g/mol.